The van der Waals surface area contributed by atoms with Crippen molar-refractivity contribution in [3.63, 3.8) is 0 Å². The molecular weight excluding hydrogens is 340 g/mol. The first kappa shape index (κ1) is 19.4. The molecule has 6 nitrogen and oxygen atoms in total. The number of piperidine rings is 1. The molecule has 1 N–H and O–H groups in total. The lowest BCUT2D eigenvalue weighted by Crippen LogP contribution is -2.44. The second kappa shape index (κ2) is 8.47. The van der Waals surface area contributed by atoms with Gasteiger partial charge in [-0.25, -0.2) is 8.42 Å². The molecule has 1 aromatic carbocycles. The van der Waals surface area contributed by atoms with E-state index in [4.69, 9.17) is 0 Å². The van der Waals surface area contributed by atoms with Gasteiger partial charge in [0, 0.05) is 25.7 Å². The Morgan fingerprint density at radius 3 is 2.28 bits per heavy atom. The Morgan fingerprint density at radius 2 is 1.76 bits per heavy atom. The number of sulfone groups is 1. The molecule has 7 heteroatoms. The van der Waals surface area contributed by atoms with Crippen LogP contribution in [0.2, 0.25) is 0 Å². The van der Waals surface area contributed by atoms with Crippen LogP contribution in [0.1, 0.15) is 42.1 Å². The summed E-state index contributed by atoms with van der Waals surface area (Å²) in [7, 11) is -2.05. The van der Waals surface area contributed by atoms with E-state index in [9.17, 15) is 18.0 Å². The van der Waals surface area contributed by atoms with E-state index in [1.807, 2.05) is 24.3 Å². The summed E-state index contributed by atoms with van der Waals surface area (Å²) in [6.07, 6.45) is 2.80. The molecule has 2 rings (SSSR count). The van der Waals surface area contributed by atoms with Crippen LogP contribution in [-0.4, -0.2) is 56.3 Å². The van der Waals surface area contributed by atoms with Crippen molar-refractivity contribution >= 4 is 21.7 Å². The Labute approximate surface area is 149 Å². The largest absolute Gasteiger partial charge is 0.358 e. The van der Waals surface area contributed by atoms with E-state index < -0.39 is 26.7 Å². The molecule has 0 aromatic heterocycles. The molecule has 1 aromatic rings. The first-order valence-corrected chi connectivity index (χ1v) is 10.4. The Hall–Kier alpha value is -1.89. The van der Waals surface area contributed by atoms with Crippen molar-refractivity contribution in [3.05, 3.63) is 35.4 Å². The summed E-state index contributed by atoms with van der Waals surface area (Å²) in [4.78, 5) is 25.6. The number of aryl methyl sites for hydroxylation is 1. The Balaban J connectivity index is 1.95. The average molecular weight is 366 g/mol. The number of carbonyl (C=O) groups excluding carboxylic acids is 2. The van der Waals surface area contributed by atoms with Crippen LogP contribution in [0.5, 0.6) is 0 Å². The highest BCUT2D eigenvalue weighted by Gasteiger charge is 2.33. The average Bonchev–Trinajstić information content (AvgIpc) is 2.61. The molecule has 0 spiro atoms. The highest BCUT2D eigenvalue weighted by atomic mass is 32.2. The van der Waals surface area contributed by atoms with Gasteiger partial charge < -0.3 is 10.2 Å². The zero-order valence-electron chi connectivity index (χ0n) is 14.8. The molecule has 0 unspecified atom stereocenters. The van der Waals surface area contributed by atoms with Gasteiger partial charge in [0.1, 0.15) is 5.75 Å². The number of hydrogen-bond acceptors (Lipinski definition) is 4. The van der Waals surface area contributed by atoms with Crippen molar-refractivity contribution in [2.75, 3.05) is 25.9 Å². The van der Waals surface area contributed by atoms with Crippen LogP contribution >= 0.6 is 0 Å². The first-order valence-electron chi connectivity index (χ1n) is 8.67. The number of nitrogens with zero attached hydrogens (tertiary/aromatic N) is 1. The quantitative estimate of drug-likeness (QED) is 0.825. The zero-order valence-corrected chi connectivity index (χ0v) is 15.6. The van der Waals surface area contributed by atoms with Gasteiger partial charge in [0.2, 0.25) is 5.91 Å². The number of benzene rings is 1. The first-order chi connectivity index (χ1) is 11.9. The Bertz CT molecular complexity index is 705. The minimum atomic E-state index is -3.47. The molecule has 1 aliphatic rings. The fraction of sp³-hybridized carbons (Fsp3) is 0.556. The normalized spacial score (nSPS) is 15.8. The van der Waals surface area contributed by atoms with Gasteiger partial charge in [0.25, 0.3) is 5.91 Å². The molecule has 1 aliphatic heterocycles. The SMILES string of the molecule is CCCc1ccc(C(=O)N2CCC(S(=O)(=O)CC(=O)NC)CC2)cc1. The fourth-order valence-corrected chi connectivity index (χ4v) is 4.75. The highest BCUT2D eigenvalue weighted by Crippen LogP contribution is 2.20. The number of likely N-dealkylation sites (tertiary alicyclic amines) is 1. The van der Waals surface area contributed by atoms with Crippen LogP contribution < -0.4 is 5.32 Å². The molecular formula is C18H26N2O4S. The van der Waals surface area contributed by atoms with Crippen LogP contribution in [0.15, 0.2) is 24.3 Å². The summed E-state index contributed by atoms with van der Waals surface area (Å²) in [6.45, 7) is 2.90. The second-order valence-electron chi connectivity index (χ2n) is 6.42. The van der Waals surface area contributed by atoms with Crippen molar-refractivity contribution in [1.29, 1.82) is 0 Å². The van der Waals surface area contributed by atoms with E-state index in [0.29, 0.717) is 31.5 Å². The molecule has 1 saturated heterocycles. The van der Waals surface area contributed by atoms with Crippen LogP contribution in [0, 0.1) is 0 Å². The lowest BCUT2D eigenvalue weighted by atomic mass is 10.1. The number of carbonyl (C=O) groups is 2. The molecule has 25 heavy (non-hydrogen) atoms. The van der Waals surface area contributed by atoms with Gasteiger partial charge >= 0.3 is 0 Å². The van der Waals surface area contributed by atoms with E-state index in [1.165, 1.54) is 12.6 Å². The van der Waals surface area contributed by atoms with E-state index in [1.54, 1.807) is 4.90 Å². The van der Waals surface area contributed by atoms with Crippen molar-refractivity contribution < 1.29 is 18.0 Å². The smallest absolute Gasteiger partial charge is 0.253 e. The highest BCUT2D eigenvalue weighted by molar-refractivity contribution is 7.92. The summed E-state index contributed by atoms with van der Waals surface area (Å²) in [5, 5.41) is 1.78. The van der Waals surface area contributed by atoms with E-state index in [0.717, 1.165) is 12.8 Å². The molecule has 0 radical (unpaired) electrons. The number of nitrogens with one attached hydrogen (secondary N) is 1. The van der Waals surface area contributed by atoms with Crippen molar-refractivity contribution in [2.24, 2.45) is 0 Å². The molecule has 1 heterocycles. The predicted octanol–water partition coefficient (Wildman–Crippen LogP) is 1.40. The lowest BCUT2D eigenvalue weighted by molar-refractivity contribution is -0.118. The summed E-state index contributed by atoms with van der Waals surface area (Å²) in [6, 6.07) is 7.61. The summed E-state index contributed by atoms with van der Waals surface area (Å²) in [5.74, 6) is -1.04. The van der Waals surface area contributed by atoms with Gasteiger partial charge in [-0.1, -0.05) is 25.5 Å². The molecule has 138 valence electrons. The van der Waals surface area contributed by atoms with Gasteiger partial charge in [-0.15, -0.1) is 0 Å². The van der Waals surface area contributed by atoms with Gasteiger partial charge in [-0.2, -0.15) is 0 Å². The van der Waals surface area contributed by atoms with Crippen LogP contribution in [0.3, 0.4) is 0 Å². The van der Waals surface area contributed by atoms with Gasteiger partial charge in [-0.05, 0) is 37.0 Å². The number of hydrogen-bond donors (Lipinski definition) is 1. The summed E-state index contributed by atoms with van der Waals surface area (Å²) < 4.78 is 24.5. The Morgan fingerprint density at radius 1 is 1.16 bits per heavy atom. The fourth-order valence-electron chi connectivity index (χ4n) is 3.08. The van der Waals surface area contributed by atoms with Gasteiger partial charge in [0.15, 0.2) is 9.84 Å². The molecule has 2 amide bonds. The summed E-state index contributed by atoms with van der Waals surface area (Å²) >= 11 is 0. The van der Waals surface area contributed by atoms with E-state index in [-0.39, 0.29) is 5.91 Å². The standard InChI is InChI=1S/C18H26N2O4S/c1-3-4-14-5-7-15(8-6-14)18(22)20-11-9-16(10-12-20)25(23,24)13-17(21)19-2/h5-8,16H,3-4,9-13H2,1-2H3,(H,19,21). The van der Waals surface area contributed by atoms with Gasteiger partial charge in [0.05, 0.1) is 5.25 Å². The van der Waals surface area contributed by atoms with Crippen molar-refractivity contribution in [3.8, 4) is 0 Å². The third kappa shape index (κ3) is 5.04. The monoisotopic (exact) mass is 366 g/mol. The molecule has 0 atom stereocenters. The Kier molecular flexibility index (Phi) is 6.58. The summed E-state index contributed by atoms with van der Waals surface area (Å²) in [5.41, 5.74) is 1.84. The van der Waals surface area contributed by atoms with E-state index >= 15 is 0 Å². The maximum Gasteiger partial charge on any atom is 0.253 e. The van der Waals surface area contributed by atoms with Crippen molar-refractivity contribution in [1.82, 2.24) is 10.2 Å². The van der Waals surface area contributed by atoms with E-state index in [2.05, 4.69) is 12.2 Å². The maximum absolute atomic E-state index is 12.6. The van der Waals surface area contributed by atoms with Crippen LogP contribution in [0.4, 0.5) is 0 Å². The second-order valence-corrected chi connectivity index (χ2v) is 8.70. The number of amides is 2. The topological polar surface area (TPSA) is 83.6 Å². The third-order valence-corrected chi connectivity index (χ3v) is 6.74. The van der Waals surface area contributed by atoms with Crippen molar-refractivity contribution in [2.45, 2.75) is 37.9 Å². The predicted molar refractivity (Wildman–Crippen MR) is 97.2 cm³/mol. The van der Waals surface area contributed by atoms with Gasteiger partial charge in [-0.3, -0.25) is 9.59 Å². The molecule has 0 saturated carbocycles. The van der Waals surface area contributed by atoms with Crippen LogP contribution in [0.25, 0.3) is 0 Å². The third-order valence-electron chi connectivity index (χ3n) is 4.59. The molecule has 1 fully saturated rings. The molecule has 0 aliphatic carbocycles. The minimum absolute atomic E-state index is 0.0646. The van der Waals surface area contributed by atoms with Crippen LogP contribution in [-0.2, 0) is 21.1 Å². The maximum atomic E-state index is 12.6. The number of rotatable bonds is 6. The molecule has 0 bridgehead atoms. The minimum Gasteiger partial charge on any atom is -0.358 e. The zero-order chi connectivity index (χ0) is 18.4. The lowest BCUT2D eigenvalue weighted by Gasteiger charge is -2.31.